The van der Waals surface area contributed by atoms with Crippen molar-refractivity contribution >= 4 is 17.6 Å². The van der Waals surface area contributed by atoms with E-state index in [9.17, 15) is 4.79 Å². The number of aromatic nitrogens is 3. The summed E-state index contributed by atoms with van der Waals surface area (Å²) in [6, 6.07) is 5.50. The quantitative estimate of drug-likeness (QED) is 0.937. The molecule has 1 heterocycles. The molecule has 0 saturated heterocycles. The fourth-order valence-corrected chi connectivity index (χ4v) is 1.95. The Morgan fingerprint density at radius 3 is 2.68 bits per heavy atom. The van der Waals surface area contributed by atoms with Crippen LogP contribution in [0.5, 0.6) is 0 Å². The van der Waals surface area contributed by atoms with Gasteiger partial charge in [0, 0.05) is 5.92 Å². The number of halogens is 1. The number of hydrogen-bond acceptors (Lipinski definition) is 3. The van der Waals surface area contributed by atoms with E-state index < -0.39 is 5.97 Å². The van der Waals surface area contributed by atoms with Crippen molar-refractivity contribution in [2.24, 2.45) is 0 Å². The first-order chi connectivity index (χ1) is 8.90. The Morgan fingerprint density at radius 1 is 1.42 bits per heavy atom. The van der Waals surface area contributed by atoms with E-state index in [0.717, 1.165) is 5.56 Å². The first kappa shape index (κ1) is 13.5. The fourth-order valence-electron chi connectivity index (χ4n) is 1.75. The van der Waals surface area contributed by atoms with Gasteiger partial charge in [-0.05, 0) is 24.6 Å². The molecule has 2 aromatic rings. The van der Waals surface area contributed by atoms with E-state index >= 15 is 0 Å². The zero-order valence-electron chi connectivity index (χ0n) is 10.9. The van der Waals surface area contributed by atoms with Gasteiger partial charge in [0.15, 0.2) is 0 Å². The monoisotopic (exact) mass is 279 g/mol. The predicted octanol–water partition coefficient (Wildman–Crippen LogP) is 3.05. The maximum atomic E-state index is 11.0. The van der Waals surface area contributed by atoms with E-state index in [4.69, 9.17) is 16.7 Å². The molecule has 0 saturated carbocycles. The lowest BCUT2D eigenvalue weighted by molar-refractivity contribution is 0.0683. The summed E-state index contributed by atoms with van der Waals surface area (Å²) in [5.74, 6) is -0.757. The van der Waals surface area contributed by atoms with Gasteiger partial charge in [-0.1, -0.05) is 31.5 Å². The Hall–Kier alpha value is -1.88. The van der Waals surface area contributed by atoms with Crippen LogP contribution in [-0.2, 0) is 0 Å². The minimum absolute atomic E-state index is 0.0391. The average Bonchev–Trinajstić information content (AvgIpc) is 2.77. The van der Waals surface area contributed by atoms with Crippen LogP contribution in [0.15, 0.2) is 18.2 Å². The molecule has 0 radical (unpaired) electrons. The summed E-state index contributed by atoms with van der Waals surface area (Å²) < 4.78 is 1.50. The highest BCUT2D eigenvalue weighted by molar-refractivity contribution is 6.32. The third kappa shape index (κ3) is 2.61. The third-order valence-corrected chi connectivity index (χ3v) is 2.99. The van der Waals surface area contributed by atoms with Crippen LogP contribution in [0.2, 0.25) is 5.02 Å². The summed E-state index contributed by atoms with van der Waals surface area (Å²) in [4.78, 5) is 15.1. The molecule has 2 rings (SSSR count). The molecule has 1 aromatic carbocycles. The first-order valence-corrected chi connectivity index (χ1v) is 6.24. The Labute approximate surface area is 115 Å². The van der Waals surface area contributed by atoms with E-state index in [1.165, 1.54) is 4.68 Å². The molecule has 0 amide bonds. The fraction of sp³-hybridized carbons (Fsp3) is 0.308. The Bertz CT molecular complexity index is 635. The molecule has 0 fully saturated rings. The van der Waals surface area contributed by atoms with Crippen molar-refractivity contribution in [2.45, 2.75) is 26.7 Å². The Balaban J connectivity index is 2.66. The molecule has 5 nitrogen and oxygen atoms in total. The molecule has 19 heavy (non-hydrogen) atoms. The van der Waals surface area contributed by atoms with Crippen molar-refractivity contribution in [1.82, 2.24) is 14.8 Å². The minimum atomic E-state index is -1.15. The minimum Gasteiger partial charge on any atom is -0.475 e. The molecular weight excluding hydrogens is 266 g/mol. The lowest BCUT2D eigenvalue weighted by atomic mass is 10.2. The number of carboxylic acid groups (broad SMARTS) is 1. The predicted molar refractivity (Wildman–Crippen MR) is 72.2 cm³/mol. The molecule has 1 N–H and O–H groups in total. The van der Waals surface area contributed by atoms with Crippen molar-refractivity contribution < 1.29 is 9.90 Å². The van der Waals surface area contributed by atoms with Gasteiger partial charge in [0.2, 0.25) is 0 Å². The lowest BCUT2D eigenvalue weighted by Crippen LogP contribution is -2.06. The number of aryl methyl sites for hydroxylation is 1. The number of nitrogens with zero attached hydrogens (tertiary/aromatic N) is 3. The van der Waals surface area contributed by atoms with Gasteiger partial charge in [-0.2, -0.15) is 0 Å². The molecule has 0 aliphatic rings. The number of carboxylic acids is 1. The molecule has 0 aliphatic heterocycles. The van der Waals surface area contributed by atoms with Crippen molar-refractivity contribution in [1.29, 1.82) is 0 Å². The summed E-state index contributed by atoms with van der Waals surface area (Å²) in [7, 11) is 0. The zero-order chi connectivity index (χ0) is 14.2. The summed E-state index contributed by atoms with van der Waals surface area (Å²) in [5, 5.41) is 13.5. The van der Waals surface area contributed by atoms with E-state index in [1.807, 2.05) is 32.9 Å². The number of rotatable bonds is 3. The van der Waals surface area contributed by atoms with E-state index in [2.05, 4.69) is 10.1 Å². The number of benzene rings is 1. The second kappa shape index (κ2) is 5.01. The van der Waals surface area contributed by atoms with Gasteiger partial charge < -0.3 is 5.11 Å². The number of hydrogen-bond donors (Lipinski definition) is 1. The van der Waals surface area contributed by atoms with E-state index in [-0.39, 0.29) is 11.7 Å². The smallest absolute Gasteiger partial charge is 0.375 e. The van der Waals surface area contributed by atoms with Crippen LogP contribution in [0.4, 0.5) is 0 Å². The lowest BCUT2D eigenvalue weighted by Gasteiger charge is -2.10. The molecule has 0 unspecified atom stereocenters. The molecule has 6 heteroatoms. The standard InChI is InChI=1S/C13H14ClN3O2/c1-7(2)12-15-11(13(18)19)16-17(12)10-6-8(3)4-5-9(10)14/h4-7H,1-3H3,(H,18,19). The largest absolute Gasteiger partial charge is 0.475 e. The number of aromatic carboxylic acids is 1. The van der Waals surface area contributed by atoms with Crippen LogP contribution < -0.4 is 0 Å². The molecule has 0 spiro atoms. The molecule has 100 valence electrons. The van der Waals surface area contributed by atoms with Crippen molar-refractivity contribution in [3.8, 4) is 5.69 Å². The van der Waals surface area contributed by atoms with Crippen molar-refractivity contribution in [3.63, 3.8) is 0 Å². The van der Waals surface area contributed by atoms with Crippen LogP contribution in [0.3, 0.4) is 0 Å². The molecule has 0 aliphatic carbocycles. The highest BCUT2D eigenvalue weighted by Gasteiger charge is 2.19. The number of carbonyl (C=O) groups is 1. The van der Waals surface area contributed by atoms with Gasteiger partial charge >= 0.3 is 5.97 Å². The normalized spacial score (nSPS) is 11.0. The molecule has 0 bridgehead atoms. The maximum Gasteiger partial charge on any atom is 0.375 e. The van der Waals surface area contributed by atoms with Gasteiger partial charge in [0.25, 0.3) is 5.82 Å². The van der Waals surface area contributed by atoms with Crippen LogP contribution in [0.1, 0.15) is 41.8 Å². The van der Waals surface area contributed by atoms with E-state index in [0.29, 0.717) is 16.5 Å². The third-order valence-electron chi connectivity index (χ3n) is 2.67. The maximum absolute atomic E-state index is 11.0. The van der Waals surface area contributed by atoms with Gasteiger partial charge in [-0.3, -0.25) is 0 Å². The molecule has 0 atom stereocenters. The summed E-state index contributed by atoms with van der Waals surface area (Å²) in [6.45, 7) is 5.79. The summed E-state index contributed by atoms with van der Waals surface area (Å²) >= 11 is 6.16. The van der Waals surface area contributed by atoms with Crippen molar-refractivity contribution in [2.75, 3.05) is 0 Å². The van der Waals surface area contributed by atoms with Gasteiger partial charge in [0.1, 0.15) is 5.82 Å². The SMILES string of the molecule is Cc1ccc(Cl)c(-n2nc(C(=O)O)nc2C(C)C)c1. The Kier molecular flexibility index (Phi) is 3.57. The van der Waals surface area contributed by atoms with Gasteiger partial charge in [-0.15, -0.1) is 5.10 Å². The second-order valence-corrected chi connectivity index (χ2v) is 5.03. The van der Waals surface area contributed by atoms with Crippen LogP contribution in [0, 0.1) is 6.92 Å². The molecule has 1 aromatic heterocycles. The van der Waals surface area contributed by atoms with Crippen molar-refractivity contribution in [3.05, 3.63) is 40.4 Å². The highest BCUT2D eigenvalue weighted by atomic mass is 35.5. The second-order valence-electron chi connectivity index (χ2n) is 4.62. The van der Waals surface area contributed by atoms with E-state index in [1.54, 1.807) is 6.07 Å². The zero-order valence-corrected chi connectivity index (χ0v) is 11.6. The highest BCUT2D eigenvalue weighted by Crippen LogP contribution is 2.25. The van der Waals surface area contributed by atoms with Crippen LogP contribution >= 0.6 is 11.6 Å². The Morgan fingerprint density at radius 2 is 2.11 bits per heavy atom. The topological polar surface area (TPSA) is 68.0 Å². The summed E-state index contributed by atoms with van der Waals surface area (Å²) in [5.41, 5.74) is 1.66. The first-order valence-electron chi connectivity index (χ1n) is 5.87. The molecular formula is C13H14ClN3O2. The van der Waals surface area contributed by atoms with Crippen LogP contribution in [0.25, 0.3) is 5.69 Å². The average molecular weight is 280 g/mol. The van der Waals surface area contributed by atoms with Gasteiger partial charge in [0.05, 0.1) is 10.7 Å². The van der Waals surface area contributed by atoms with Crippen LogP contribution in [-0.4, -0.2) is 25.8 Å². The van der Waals surface area contributed by atoms with Gasteiger partial charge in [-0.25, -0.2) is 14.5 Å². The summed E-state index contributed by atoms with van der Waals surface area (Å²) in [6.07, 6.45) is 0.